The minimum absolute atomic E-state index is 0.0538. The van der Waals surface area contributed by atoms with Gasteiger partial charge in [-0.2, -0.15) is 0 Å². The summed E-state index contributed by atoms with van der Waals surface area (Å²) < 4.78 is 2.19. The number of nitrogens with zero attached hydrogens (tertiary/aromatic N) is 3. The van der Waals surface area contributed by atoms with Crippen LogP contribution in [0.1, 0.15) is 55.0 Å². The van der Waals surface area contributed by atoms with Gasteiger partial charge in [0.1, 0.15) is 5.82 Å². The van der Waals surface area contributed by atoms with E-state index in [0.717, 1.165) is 22.6 Å². The van der Waals surface area contributed by atoms with Gasteiger partial charge in [0.15, 0.2) is 0 Å². The molecule has 216 valence electrons. The van der Waals surface area contributed by atoms with Crippen LogP contribution in [-0.4, -0.2) is 62.9 Å². The van der Waals surface area contributed by atoms with Crippen molar-refractivity contribution >= 4 is 5.91 Å². The van der Waals surface area contributed by atoms with Crippen molar-refractivity contribution in [1.29, 1.82) is 0 Å². The standard InChI is InChI=1S/C34H42N4O3/c1-34(2,3)31(38(21-13-20-35-29(24-39)25-40)33(41)28-18-11-6-12-19-28)32-36-30(27-16-9-5-10-17-27)23-37(32)22-26-14-7-4-8-15-26/h4-12,14-19,23,29,31,35,39-40H,13,20-22,24-25H2,1-3H3/t31-/m0/s1. The van der Waals surface area contributed by atoms with Crippen LogP contribution in [0.15, 0.2) is 97.2 Å². The number of nitrogens with one attached hydrogen (secondary N) is 1. The van der Waals surface area contributed by atoms with Crippen LogP contribution in [0.3, 0.4) is 0 Å². The lowest BCUT2D eigenvalue weighted by Gasteiger charge is -2.40. The van der Waals surface area contributed by atoms with E-state index in [1.807, 2.05) is 71.6 Å². The first kappa shape index (κ1) is 30.2. The summed E-state index contributed by atoms with van der Waals surface area (Å²) in [6, 6.07) is 29.1. The van der Waals surface area contributed by atoms with Gasteiger partial charge in [-0.1, -0.05) is 99.6 Å². The predicted octanol–water partition coefficient (Wildman–Crippen LogP) is 5.16. The Balaban J connectivity index is 1.78. The van der Waals surface area contributed by atoms with Gasteiger partial charge < -0.3 is 25.0 Å². The molecule has 1 heterocycles. The molecule has 0 spiro atoms. The molecule has 0 radical (unpaired) electrons. The van der Waals surface area contributed by atoms with Gasteiger partial charge in [-0.25, -0.2) is 4.98 Å². The molecular formula is C34H42N4O3. The van der Waals surface area contributed by atoms with Crippen LogP contribution in [0.5, 0.6) is 0 Å². The SMILES string of the molecule is CC(C)(C)[C@H](c1nc(-c2ccccc2)cn1Cc1ccccc1)N(CCCNC(CO)CO)C(=O)c1ccccc1. The third-order valence-electron chi connectivity index (χ3n) is 7.18. The number of carbonyl (C=O) groups is 1. The second-order valence-electron chi connectivity index (χ2n) is 11.5. The van der Waals surface area contributed by atoms with Crippen molar-refractivity contribution in [2.75, 3.05) is 26.3 Å². The number of hydrogen-bond acceptors (Lipinski definition) is 5. The van der Waals surface area contributed by atoms with E-state index in [-0.39, 0.29) is 36.6 Å². The Kier molecular flexibility index (Phi) is 10.5. The lowest BCUT2D eigenvalue weighted by atomic mass is 9.84. The number of aliphatic hydroxyl groups excluding tert-OH is 2. The molecule has 4 rings (SSSR count). The summed E-state index contributed by atoms with van der Waals surface area (Å²) in [4.78, 5) is 21.3. The highest BCUT2D eigenvalue weighted by Crippen LogP contribution is 2.40. The average Bonchev–Trinajstić information content (AvgIpc) is 3.39. The number of aromatic nitrogens is 2. The molecule has 0 saturated heterocycles. The topological polar surface area (TPSA) is 90.6 Å². The zero-order valence-electron chi connectivity index (χ0n) is 24.3. The van der Waals surface area contributed by atoms with Crippen LogP contribution in [0.2, 0.25) is 0 Å². The van der Waals surface area contributed by atoms with E-state index < -0.39 is 0 Å². The molecule has 3 aromatic carbocycles. The van der Waals surface area contributed by atoms with Crippen LogP contribution >= 0.6 is 0 Å². The van der Waals surface area contributed by atoms with Gasteiger partial charge in [0, 0.05) is 30.4 Å². The summed E-state index contributed by atoms with van der Waals surface area (Å²) in [5, 5.41) is 22.1. The first-order valence-electron chi connectivity index (χ1n) is 14.3. The Morgan fingerprint density at radius 1 is 0.902 bits per heavy atom. The molecule has 0 aliphatic heterocycles. The molecule has 0 unspecified atom stereocenters. The Morgan fingerprint density at radius 2 is 1.49 bits per heavy atom. The fourth-order valence-corrected chi connectivity index (χ4v) is 5.13. The average molecular weight is 555 g/mol. The van der Waals surface area contributed by atoms with Crippen LogP contribution < -0.4 is 5.32 Å². The second-order valence-corrected chi connectivity index (χ2v) is 11.5. The van der Waals surface area contributed by atoms with E-state index in [2.05, 4.69) is 61.1 Å². The van der Waals surface area contributed by atoms with Crippen LogP contribution in [0.25, 0.3) is 11.3 Å². The highest BCUT2D eigenvalue weighted by molar-refractivity contribution is 5.94. The minimum Gasteiger partial charge on any atom is -0.395 e. The number of hydrogen-bond donors (Lipinski definition) is 3. The van der Waals surface area contributed by atoms with Crippen molar-refractivity contribution in [3.05, 3.63) is 114 Å². The molecule has 3 N–H and O–H groups in total. The predicted molar refractivity (Wildman–Crippen MR) is 163 cm³/mol. The van der Waals surface area contributed by atoms with Crippen molar-refractivity contribution in [2.24, 2.45) is 5.41 Å². The molecule has 1 aromatic heterocycles. The van der Waals surface area contributed by atoms with Gasteiger partial charge in [-0.15, -0.1) is 0 Å². The summed E-state index contributed by atoms with van der Waals surface area (Å²) in [7, 11) is 0. The molecule has 0 saturated carbocycles. The van der Waals surface area contributed by atoms with Gasteiger partial charge in [0.25, 0.3) is 5.91 Å². The van der Waals surface area contributed by atoms with E-state index in [9.17, 15) is 15.0 Å². The maximum Gasteiger partial charge on any atom is 0.254 e. The Hall–Kier alpha value is -3.78. The Morgan fingerprint density at radius 3 is 2.07 bits per heavy atom. The third kappa shape index (κ3) is 7.91. The van der Waals surface area contributed by atoms with Crippen molar-refractivity contribution in [2.45, 2.75) is 45.8 Å². The number of rotatable bonds is 13. The zero-order chi connectivity index (χ0) is 29.2. The summed E-state index contributed by atoms with van der Waals surface area (Å²) >= 11 is 0. The smallest absolute Gasteiger partial charge is 0.254 e. The first-order chi connectivity index (χ1) is 19.8. The van der Waals surface area contributed by atoms with E-state index in [4.69, 9.17) is 4.98 Å². The molecule has 0 fully saturated rings. The maximum atomic E-state index is 14.2. The molecule has 0 bridgehead atoms. The quantitative estimate of drug-likeness (QED) is 0.199. The highest BCUT2D eigenvalue weighted by atomic mass is 16.3. The van der Waals surface area contributed by atoms with Gasteiger partial charge in [-0.05, 0) is 36.1 Å². The molecule has 1 amide bonds. The van der Waals surface area contributed by atoms with Crippen LogP contribution in [-0.2, 0) is 6.54 Å². The highest BCUT2D eigenvalue weighted by Gasteiger charge is 2.38. The van der Waals surface area contributed by atoms with Crippen molar-refractivity contribution < 1.29 is 15.0 Å². The summed E-state index contributed by atoms with van der Waals surface area (Å²) in [6.45, 7) is 7.82. The monoisotopic (exact) mass is 554 g/mol. The normalized spacial score (nSPS) is 12.4. The Labute approximate surface area is 243 Å². The first-order valence-corrected chi connectivity index (χ1v) is 14.3. The van der Waals surface area contributed by atoms with Gasteiger partial charge in [0.2, 0.25) is 0 Å². The number of aliphatic hydroxyl groups is 2. The van der Waals surface area contributed by atoms with Crippen molar-refractivity contribution in [3.63, 3.8) is 0 Å². The fourth-order valence-electron chi connectivity index (χ4n) is 5.13. The van der Waals surface area contributed by atoms with Gasteiger partial charge >= 0.3 is 0 Å². The van der Waals surface area contributed by atoms with Crippen molar-refractivity contribution in [1.82, 2.24) is 19.8 Å². The third-order valence-corrected chi connectivity index (χ3v) is 7.18. The van der Waals surface area contributed by atoms with E-state index in [1.54, 1.807) is 0 Å². The molecule has 1 atom stereocenters. The lowest BCUT2D eigenvalue weighted by Crippen LogP contribution is -2.44. The van der Waals surface area contributed by atoms with E-state index >= 15 is 0 Å². The van der Waals surface area contributed by atoms with Gasteiger partial charge in [-0.3, -0.25) is 4.79 Å². The fraction of sp³-hybridized carbons (Fsp3) is 0.353. The molecule has 41 heavy (non-hydrogen) atoms. The summed E-state index contributed by atoms with van der Waals surface area (Å²) in [5.74, 6) is 0.781. The lowest BCUT2D eigenvalue weighted by molar-refractivity contribution is 0.0478. The minimum atomic E-state index is -0.384. The molecule has 7 heteroatoms. The second kappa shape index (κ2) is 14.2. The maximum absolute atomic E-state index is 14.2. The van der Waals surface area contributed by atoms with E-state index in [1.165, 1.54) is 0 Å². The Bertz CT molecular complexity index is 1350. The number of imidazole rings is 1. The zero-order valence-corrected chi connectivity index (χ0v) is 24.3. The molecular weight excluding hydrogens is 512 g/mol. The van der Waals surface area contributed by atoms with Crippen molar-refractivity contribution in [3.8, 4) is 11.3 Å². The number of benzene rings is 3. The molecule has 4 aromatic rings. The molecule has 0 aliphatic carbocycles. The van der Waals surface area contributed by atoms with Crippen LogP contribution in [0, 0.1) is 5.41 Å². The number of carbonyl (C=O) groups excluding carboxylic acids is 1. The van der Waals surface area contributed by atoms with E-state index in [0.29, 0.717) is 31.6 Å². The molecule has 0 aliphatic rings. The van der Waals surface area contributed by atoms with Crippen LogP contribution in [0.4, 0.5) is 0 Å². The summed E-state index contributed by atoms with van der Waals surface area (Å²) in [6.07, 6.45) is 2.74. The largest absolute Gasteiger partial charge is 0.395 e. The molecule has 7 nitrogen and oxygen atoms in total. The number of amides is 1. The van der Waals surface area contributed by atoms with Gasteiger partial charge in [0.05, 0.1) is 31.0 Å². The summed E-state index contributed by atoms with van der Waals surface area (Å²) in [5.41, 5.74) is 3.33.